The number of aromatic nitrogens is 1. The van der Waals surface area contributed by atoms with Crippen molar-refractivity contribution >= 4 is 17.7 Å². The van der Waals surface area contributed by atoms with Crippen molar-refractivity contribution in [1.29, 1.82) is 0 Å². The fourth-order valence-corrected chi connectivity index (χ4v) is 2.34. The first-order chi connectivity index (χ1) is 8.65. The molecule has 0 aromatic carbocycles. The number of carbonyl (C=O) groups is 1. The molecule has 1 heterocycles. The number of nitrogens with two attached hydrogens (primary N) is 1. The summed E-state index contributed by atoms with van der Waals surface area (Å²) in [5, 5.41) is 0. The zero-order chi connectivity index (χ0) is 13.4. The minimum atomic E-state index is -0.554. The highest BCUT2D eigenvalue weighted by Crippen LogP contribution is 2.05. The molecule has 1 atom stereocenters. The molecule has 1 unspecified atom stereocenters. The molecule has 100 valence electrons. The van der Waals surface area contributed by atoms with Gasteiger partial charge in [-0.3, -0.25) is 9.59 Å². The number of rotatable bonds is 7. The van der Waals surface area contributed by atoms with E-state index in [1.807, 2.05) is 6.07 Å². The van der Waals surface area contributed by atoms with E-state index in [0.29, 0.717) is 13.0 Å². The number of carbonyl (C=O) groups excluding carboxylic acids is 1. The van der Waals surface area contributed by atoms with Crippen molar-refractivity contribution in [2.45, 2.75) is 19.0 Å². The van der Waals surface area contributed by atoms with Gasteiger partial charge in [-0.2, -0.15) is 11.8 Å². The van der Waals surface area contributed by atoms with Crippen LogP contribution in [0, 0.1) is 0 Å². The van der Waals surface area contributed by atoms with E-state index in [1.54, 1.807) is 28.6 Å². The van der Waals surface area contributed by atoms with Crippen LogP contribution >= 0.6 is 11.8 Å². The lowest BCUT2D eigenvalue weighted by Crippen LogP contribution is -2.32. The number of hydrogen-bond donors (Lipinski definition) is 1. The van der Waals surface area contributed by atoms with Crippen LogP contribution in [0.2, 0.25) is 0 Å². The number of hydrogen-bond acceptors (Lipinski definition) is 5. The van der Waals surface area contributed by atoms with E-state index in [-0.39, 0.29) is 11.5 Å². The lowest BCUT2D eigenvalue weighted by molar-refractivity contribution is -0.142. The standard InChI is InChI=1S/C12H18N2O3S/c1-17-12(16)10(13)5-8-18-9-7-14-6-3-2-4-11(14)15/h2-4,6,10H,5,7-9,13H2,1H3. The number of aryl methyl sites for hydroxylation is 1. The average Bonchev–Trinajstić information content (AvgIpc) is 2.39. The van der Waals surface area contributed by atoms with E-state index in [2.05, 4.69) is 4.74 Å². The zero-order valence-corrected chi connectivity index (χ0v) is 11.2. The predicted molar refractivity (Wildman–Crippen MR) is 72.6 cm³/mol. The number of pyridine rings is 1. The Hall–Kier alpha value is -1.27. The van der Waals surface area contributed by atoms with Crippen LogP contribution in [0.3, 0.4) is 0 Å². The Kier molecular flexibility index (Phi) is 6.53. The molecule has 0 aliphatic heterocycles. The van der Waals surface area contributed by atoms with Gasteiger partial charge in [-0.25, -0.2) is 0 Å². The predicted octanol–water partition coefficient (Wildman–Crippen LogP) is 0.472. The molecule has 0 aliphatic carbocycles. The quantitative estimate of drug-likeness (QED) is 0.576. The maximum Gasteiger partial charge on any atom is 0.322 e. The summed E-state index contributed by atoms with van der Waals surface area (Å²) in [4.78, 5) is 22.4. The Morgan fingerprint density at radius 2 is 2.28 bits per heavy atom. The highest BCUT2D eigenvalue weighted by atomic mass is 32.2. The van der Waals surface area contributed by atoms with Crippen LogP contribution < -0.4 is 11.3 Å². The van der Waals surface area contributed by atoms with E-state index >= 15 is 0 Å². The largest absolute Gasteiger partial charge is 0.468 e. The molecular weight excluding hydrogens is 252 g/mol. The van der Waals surface area contributed by atoms with Gasteiger partial charge in [-0.05, 0) is 18.2 Å². The molecule has 0 aliphatic rings. The van der Waals surface area contributed by atoms with Crippen LogP contribution in [-0.4, -0.2) is 35.2 Å². The van der Waals surface area contributed by atoms with Gasteiger partial charge in [0.2, 0.25) is 0 Å². The first-order valence-corrected chi connectivity index (χ1v) is 6.87. The van der Waals surface area contributed by atoms with Gasteiger partial charge in [0, 0.05) is 24.6 Å². The minimum absolute atomic E-state index is 0.00404. The van der Waals surface area contributed by atoms with E-state index in [1.165, 1.54) is 13.2 Å². The molecule has 0 bridgehead atoms. The third-order valence-corrected chi connectivity index (χ3v) is 3.45. The highest BCUT2D eigenvalue weighted by Gasteiger charge is 2.12. The van der Waals surface area contributed by atoms with Crippen LogP contribution in [-0.2, 0) is 16.1 Å². The van der Waals surface area contributed by atoms with Crippen molar-refractivity contribution < 1.29 is 9.53 Å². The van der Waals surface area contributed by atoms with Gasteiger partial charge in [0.1, 0.15) is 6.04 Å². The summed E-state index contributed by atoms with van der Waals surface area (Å²) in [6.45, 7) is 0.664. The second-order valence-corrected chi connectivity index (χ2v) is 4.99. The number of esters is 1. The van der Waals surface area contributed by atoms with Crippen molar-refractivity contribution in [3.63, 3.8) is 0 Å². The van der Waals surface area contributed by atoms with Crippen molar-refractivity contribution in [2.24, 2.45) is 5.73 Å². The molecule has 18 heavy (non-hydrogen) atoms. The summed E-state index contributed by atoms with van der Waals surface area (Å²) in [7, 11) is 1.33. The van der Waals surface area contributed by atoms with Gasteiger partial charge in [0.15, 0.2) is 0 Å². The van der Waals surface area contributed by atoms with Gasteiger partial charge in [0.25, 0.3) is 5.56 Å². The maximum atomic E-state index is 11.4. The molecule has 0 fully saturated rings. The van der Waals surface area contributed by atoms with E-state index in [9.17, 15) is 9.59 Å². The summed E-state index contributed by atoms with van der Waals surface area (Å²) >= 11 is 1.67. The first kappa shape index (κ1) is 14.8. The Morgan fingerprint density at radius 3 is 2.94 bits per heavy atom. The molecule has 5 nitrogen and oxygen atoms in total. The van der Waals surface area contributed by atoms with Crippen LogP contribution in [0.15, 0.2) is 29.2 Å². The third kappa shape index (κ3) is 4.93. The number of methoxy groups -OCH3 is 1. The Balaban J connectivity index is 2.18. The fraction of sp³-hybridized carbons (Fsp3) is 0.500. The topological polar surface area (TPSA) is 74.3 Å². The van der Waals surface area contributed by atoms with Gasteiger partial charge in [0.05, 0.1) is 7.11 Å². The molecule has 0 radical (unpaired) electrons. The number of nitrogens with zero attached hydrogens (tertiary/aromatic N) is 1. The molecule has 0 saturated carbocycles. The maximum absolute atomic E-state index is 11.4. The zero-order valence-electron chi connectivity index (χ0n) is 10.4. The summed E-state index contributed by atoms with van der Waals surface area (Å²) in [6.07, 6.45) is 2.35. The monoisotopic (exact) mass is 270 g/mol. The van der Waals surface area contributed by atoms with Crippen molar-refractivity contribution in [1.82, 2.24) is 4.57 Å². The van der Waals surface area contributed by atoms with Gasteiger partial charge < -0.3 is 15.0 Å². The normalized spacial score (nSPS) is 12.1. The third-order valence-electron chi connectivity index (χ3n) is 2.45. The van der Waals surface area contributed by atoms with E-state index in [4.69, 9.17) is 5.73 Å². The van der Waals surface area contributed by atoms with Crippen LogP contribution in [0.1, 0.15) is 6.42 Å². The van der Waals surface area contributed by atoms with Gasteiger partial charge in [-0.15, -0.1) is 0 Å². The summed E-state index contributed by atoms with van der Waals surface area (Å²) < 4.78 is 6.20. The molecular formula is C12H18N2O3S. The Labute approximate surface area is 110 Å². The minimum Gasteiger partial charge on any atom is -0.468 e. The smallest absolute Gasteiger partial charge is 0.322 e. The SMILES string of the molecule is COC(=O)C(N)CCSCCn1ccccc1=O. The first-order valence-electron chi connectivity index (χ1n) is 5.71. The number of thioether (sulfide) groups is 1. The average molecular weight is 270 g/mol. The molecule has 1 aromatic heterocycles. The second kappa shape index (κ2) is 7.94. The molecule has 0 spiro atoms. The molecule has 0 amide bonds. The lowest BCUT2D eigenvalue weighted by Gasteiger charge is -2.09. The Morgan fingerprint density at radius 1 is 1.50 bits per heavy atom. The second-order valence-electron chi connectivity index (χ2n) is 3.76. The molecule has 0 saturated heterocycles. The van der Waals surface area contributed by atoms with E-state index in [0.717, 1.165) is 11.5 Å². The van der Waals surface area contributed by atoms with Crippen molar-refractivity contribution in [2.75, 3.05) is 18.6 Å². The van der Waals surface area contributed by atoms with Crippen LogP contribution in [0.25, 0.3) is 0 Å². The van der Waals surface area contributed by atoms with Crippen LogP contribution in [0.4, 0.5) is 0 Å². The summed E-state index contributed by atoms with van der Waals surface area (Å²) in [5.74, 6) is 1.21. The summed E-state index contributed by atoms with van der Waals surface area (Å²) in [6, 6.07) is 4.54. The van der Waals surface area contributed by atoms with Gasteiger partial charge >= 0.3 is 5.97 Å². The fourth-order valence-electron chi connectivity index (χ4n) is 1.39. The molecule has 1 rings (SSSR count). The van der Waals surface area contributed by atoms with Crippen LogP contribution in [0.5, 0.6) is 0 Å². The van der Waals surface area contributed by atoms with Crippen molar-refractivity contribution in [3.8, 4) is 0 Å². The molecule has 2 N–H and O–H groups in total. The van der Waals surface area contributed by atoms with Crippen molar-refractivity contribution in [3.05, 3.63) is 34.7 Å². The molecule has 1 aromatic rings. The van der Waals surface area contributed by atoms with Gasteiger partial charge in [-0.1, -0.05) is 6.07 Å². The summed E-state index contributed by atoms with van der Waals surface area (Å²) in [5.41, 5.74) is 5.61. The Bertz CT molecular complexity index is 433. The highest BCUT2D eigenvalue weighted by molar-refractivity contribution is 7.99. The van der Waals surface area contributed by atoms with E-state index < -0.39 is 6.04 Å². The molecule has 6 heteroatoms. The lowest BCUT2D eigenvalue weighted by atomic mass is 10.2. The number of ether oxygens (including phenoxy) is 1.